The van der Waals surface area contributed by atoms with Gasteiger partial charge in [-0.1, -0.05) is 99.8 Å². The second-order valence-electron chi connectivity index (χ2n) is 7.99. The van der Waals surface area contributed by atoms with E-state index in [9.17, 15) is 4.79 Å². The molecule has 0 radical (unpaired) electrons. The van der Waals surface area contributed by atoms with Crippen LogP contribution in [0.2, 0.25) is 10.0 Å². The van der Waals surface area contributed by atoms with E-state index < -0.39 is 5.97 Å². The number of esters is 1. The summed E-state index contributed by atoms with van der Waals surface area (Å²) in [6.45, 7) is 0.545. The Morgan fingerprint density at radius 2 is 1.53 bits per heavy atom. The van der Waals surface area contributed by atoms with Crippen LogP contribution in [0.4, 0.5) is 0 Å². The molecule has 0 bridgehead atoms. The number of para-hydroxylation sites is 3. The van der Waals surface area contributed by atoms with E-state index in [-0.39, 0.29) is 11.3 Å². The maximum Gasteiger partial charge on any atom is 0.344 e. The number of nitrogens with zero attached hydrogens (tertiary/aromatic N) is 2. The highest BCUT2D eigenvalue weighted by Gasteiger charge is 2.21. The predicted octanol–water partition coefficient (Wildman–Crippen LogP) is 8.30. The number of carbonyl (C=O) groups excluding carboxylic acids is 1. The quantitative estimate of drug-likeness (QED) is 0.116. The minimum Gasteiger partial charge on any atom is -0.421 e. The van der Waals surface area contributed by atoms with Gasteiger partial charge in [0.25, 0.3) is 0 Å². The first-order valence-corrected chi connectivity index (χ1v) is 12.7. The summed E-state index contributed by atoms with van der Waals surface area (Å²) in [6.07, 6.45) is 1.72. The third-order valence-electron chi connectivity index (χ3n) is 5.67. The van der Waals surface area contributed by atoms with Gasteiger partial charge in [0, 0.05) is 15.1 Å². The SMILES string of the molecule is O=C(Oc1ccccc1Cl)/C(=C\c1nc2ccccc2n1Cc1ccccc1Br)c1ccccc1Cl. The van der Waals surface area contributed by atoms with E-state index in [2.05, 4.69) is 20.5 Å². The number of carbonyl (C=O) groups is 1. The van der Waals surface area contributed by atoms with E-state index >= 15 is 0 Å². The van der Waals surface area contributed by atoms with Gasteiger partial charge in [0.2, 0.25) is 0 Å². The average Bonchev–Trinajstić information content (AvgIpc) is 3.23. The van der Waals surface area contributed by atoms with Crippen LogP contribution < -0.4 is 4.74 Å². The third-order valence-corrected chi connectivity index (χ3v) is 7.08. The molecule has 0 atom stereocenters. The van der Waals surface area contributed by atoms with Gasteiger partial charge in [-0.05, 0) is 48.0 Å². The van der Waals surface area contributed by atoms with E-state index in [1.807, 2.05) is 60.7 Å². The fourth-order valence-electron chi connectivity index (χ4n) is 3.91. The molecule has 0 saturated carbocycles. The molecular weight excluding hydrogens is 559 g/mol. The van der Waals surface area contributed by atoms with Crippen LogP contribution in [0.15, 0.2) is 102 Å². The first-order chi connectivity index (χ1) is 17.5. The molecular formula is C29H19BrCl2N2O2. The molecule has 0 spiro atoms. The van der Waals surface area contributed by atoms with Crippen molar-refractivity contribution in [3.05, 3.63) is 129 Å². The lowest BCUT2D eigenvalue weighted by molar-refractivity contribution is -0.127. The summed E-state index contributed by atoms with van der Waals surface area (Å²) in [5.41, 5.74) is 3.64. The largest absolute Gasteiger partial charge is 0.421 e. The van der Waals surface area contributed by atoms with Crippen LogP contribution in [0, 0.1) is 0 Å². The number of fused-ring (bicyclic) bond motifs is 1. The minimum atomic E-state index is -0.587. The maximum absolute atomic E-state index is 13.5. The van der Waals surface area contributed by atoms with Gasteiger partial charge < -0.3 is 9.30 Å². The molecule has 5 rings (SSSR count). The number of ether oxygens (including phenoxy) is 1. The van der Waals surface area contributed by atoms with Crippen molar-refractivity contribution in [2.45, 2.75) is 6.54 Å². The summed E-state index contributed by atoms with van der Waals surface area (Å²) in [5.74, 6) is 0.275. The normalized spacial score (nSPS) is 11.6. The Morgan fingerprint density at radius 3 is 2.31 bits per heavy atom. The van der Waals surface area contributed by atoms with Gasteiger partial charge in [0.15, 0.2) is 0 Å². The predicted molar refractivity (Wildman–Crippen MR) is 149 cm³/mol. The lowest BCUT2D eigenvalue weighted by atomic mass is 10.1. The topological polar surface area (TPSA) is 44.1 Å². The lowest BCUT2D eigenvalue weighted by Crippen LogP contribution is -2.12. The Kier molecular flexibility index (Phi) is 7.23. The summed E-state index contributed by atoms with van der Waals surface area (Å²) < 4.78 is 8.75. The van der Waals surface area contributed by atoms with E-state index in [1.54, 1.807) is 42.5 Å². The second-order valence-corrected chi connectivity index (χ2v) is 9.66. The maximum atomic E-state index is 13.5. The molecule has 1 heterocycles. The molecule has 36 heavy (non-hydrogen) atoms. The standard InChI is InChI=1S/C29H19BrCl2N2O2/c30-22-11-3-1-9-19(22)18-34-26-15-7-6-14-25(26)33-28(34)17-21(20-10-2-4-12-23(20)31)29(35)36-27-16-8-5-13-24(27)32/h1-17H,18H2/b21-17-. The molecule has 4 aromatic carbocycles. The van der Waals surface area contributed by atoms with Crippen LogP contribution in [-0.4, -0.2) is 15.5 Å². The minimum absolute atomic E-state index is 0.267. The van der Waals surface area contributed by atoms with Gasteiger partial charge in [-0.3, -0.25) is 0 Å². The number of aromatic nitrogens is 2. The molecule has 178 valence electrons. The van der Waals surface area contributed by atoms with Crippen LogP contribution in [-0.2, 0) is 11.3 Å². The molecule has 4 nitrogen and oxygen atoms in total. The van der Waals surface area contributed by atoms with Crippen LogP contribution in [0.25, 0.3) is 22.7 Å². The molecule has 0 aliphatic heterocycles. The number of benzene rings is 4. The zero-order chi connectivity index (χ0) is 25.1. The summed E-state index contributed by atoms with van der Waals surface area (Å²) >= 11 is 16.4. The zero-order valence-corrected chi connectivity index (χ0v) is 22.0. The Labute approximate surface area is 226 Å². The van der Waals surface area contributed by atoms with E-state index in [4.69, 9.17) is 32.9 Å². The number of hydrogen-bond acceptors (Lipinski definition) is 3. The molecule has 0 aliphatic rings. The molecule has 0 aliphatic carbocycles. The van der Waals surface area contributed by atoms with Crippen molar-refractivity contribution in [1.29, 1.82) is 0 Å². The first kappa shape index (κ1) is 24.3. The third kappa shape index (κ3) is 5.09. The lowest BCUT2D eigenvalue weighted by Gasteiger charge is -2.13. The Hall–Kier alpha value is -3.38. The van der Waals surface area contributed by atoms with Crippen molar-refractivity contribution in [2.24, 2.45) is 0 Å². The highest BCUT2D eigenvalue weighted by atomic mass is 79.9. The van der Waals surface area contributed by atoms with Gasteiger partial charge in [0.05, 0.1) is 28.2 Å². The highest BCUT2D eigenvalue weighted by molar-refractivity contribution is 9.10. The Balaban J connectivity index is 1.66. The number of halogens is 3. The van der Waals surface area contributed by atoms with Gasteiger partial charge in [-0.15, -0.1) is 0 Å². The molecule has 5 aromatic rings. The zero-order valence-electron chi connectivity index (χ0n) is 18.9. The van der Waals surface area contributed by atoms with Crippen LogP contribution in [0.3, 0.4) is 0 Å². The summed E-state index contributed by atoms with van der Waals surface area (Å²) in [7, 11) is 0. The second kappa shape index (κ2) is 10.7. The van der Waals surface area contributed by atoms with E-state index in [0.29, 0.717) is 28.0 Å². The van der Waals surface area contributed by atoms with Gasteiger partial charge >= 0.3 is 5.97 Å². The fourth-order valence-corrected chi connectivity index (χ4v) is 4.73. The van der Waals surface area contributed by atoms with E-state index in [0.717, 1.165) is 21.1 Å². The van der Waals surface area contributed by atoms with Gasteiger partial charge in [0.1, 0.15) is 11.6 Å². The first-order valence-electron chi connectivity index (χ1n) is 11.1. The number of imidazole rings is 1. The Morgan fingerprint density at radius 1 is 0.861 bits per heavy atom. The monoisotopic (exact) mass is 576 g/mol. The fraction of sp³-hybridized carbons (Fsp3) is 0.0345. The van der Waals surface area contributed by atoms with Gasteiger partial charge in [-0.25, -0.2) is 9.78 Å². The number of rotatable bonds is 6. The highest BCUT2D eigenvalue weighted by Crippen LogP contribution is 2.31. The summed E-state index contributed by atoms with van der Waals surface area (Å²) in [6, 6.07) is 29.9. The molecule has 0 saturated heterocycles. The van der Waals surface area contributed by atoms with Crippen molar-refractivity contribution in [3.8, 4) is 5.75 Å². The summed E-state index contributed by atoms with van der Waals surface area (Å²) in [4.78, 5) is 18.3. The van der Waals surface area contributed by atoms with Gasteiger partial charge in [-0.2, -0.15) is 0 Å². The average molecular weight is 578 g/mol. The van der Waals surface area contributed by atoms with Crippen molar-refractivity contribution >= 4 is 67.8 Å². The van der Waals surface area contributed by atoms with Crippen molar-refractivity contribution in [3.63, 3.8) is 0 Å². The molecule has 0 amide bonds. The Bertz CT molecular complexity index is 1610. The van der Waals surface area contributed by atoms with Crippen molar-refractivity contribution in [2.75, 3.05) is 0 Å². The van der Waals surface area contributed by atoms with Crippen LogP contribution in [0.5, 0.6) is 5.75 Å². The van der Waals surface area contributed by atoms with Crippen LogP contribution in [0.1, 0.15) is 17.0 Å². The molecule has 0 N–H and O–H groups in total. The molecule has 0 fully saturated rings. The number of hydrogen-bond donors (Lipinski definition) is 0. The molecule has 7 heteroatoms. The summed E-state index contributed by atoms with van der Waals surface area (Å²) in [5, 5.41) is 0.763. The molecule has 0 unspecified atom stereocenters. The molecule has 1 aromatic heterocycles. The van der Waals surface area contributed by atoms with Crippen LogP contribution >= 0.6 is 39.1 Å². The van der Waals surface area contributed by atoms with Crippen molar-refractivity contribution in [1.82, 2.24) is 9.55 Å². The van der Waals surface area contributed by atoms with Crippen molar-refractivity contribution < 1.29 is 9.53 Å². The van der Waals surface area contributed by atoms with E-state index in [1.165, 1.54) is 0 Å². The smallest absolute Gasteiger partial charge is 0.344 e.